The van der Waals surface area contributed by atoms with E-state index >= 15 is 0 Å². The van der Waals surface area contributed by atoms with Gasteiger partial charge in [-0.3, -0.25) is 20.4 Å². The van der Waals surface area contributed by atoms with Crippen molar-refractivity contribution in [3.63, 3.8) is 0 Å². The predicted molar refractivity (Wildman–Crippen MR) is 93.5 cm³/mol. The van der Waals surface area contributed by atoms with Crippen molar-refractivity contribution in [2.75, 3.05) is 37.6 Å². The number of anilines is 1. The van der Waals surface area contributed by atoms with Crippen LogP contribution in [0.4, 0.5) is 5.69 Å². The number of para-hydroxylation sites is 1. The number of halogens is 1. The van der Waals surface area contributed by atoms with Crippen LogP contribution in [0, 0.1) is 0 Å². The summed E-state index contributed by atoms with van der Waals surface area (Å²) in [4.78, 5) is 27.1. The highest BCUT2D eigenvalue weighted by Gasteiger charge is 2.23. The fourth-order valence-corrected chi connectivity index (χ4v) is 3.07. The van der Waals surface area contributed by atoms with E-state index in [1.165, 1.54) is 12.3 Å². The molecule has 1 aliphatic rings. The van der Waals surface area contributed by atoms with Crippen LogP contribution >= 0.6 is 11.6 Å². The SMILES string of the molecule is O=C(C[NH+]1CCN(c2ccccc2Cl)CC1)NNC(=O)c1ccco1. The number of carbonyl (C=O) groups is 2. The zero-order chi connectivity index (χ0) is 17.6. The van der Waals surface area contributed by atoms with Crippen LogP contribution in [0.2, 0.25) is 5.02 Å². The summed E-state index contributed by atoms with van der Waals surface area (Å²) in [5, 5.41) is 0.740. The molecule has 2 aromatic rings. The number of furan rings is 1. The summed E-state index contributed by atoms with van der Waals surface area (Å²) < 4.78 is 4.96. The fourth-order valence-electron chi connectivity index (χ4n) is 2.82. The first kappa shape index (κ1) is 17.3. The Hall–Kier alpha value is -2.51. The molecule has 1 saturated heterocycles. The second-order valence-corrected chi connectivity index (χ2v) is 6.25. The molecule has 3 N–H and O–H groups in total. The van der Waals surface area contributed by atoms with Crippen molar-refractivity contribution in [1.29, 1.82) is 0 Å². The number of piperazine rings is 1. The van der Waals surface area contributed by atoms with Crippen molar-refractivity contribution < 1.29 is 18.9 Å². The maximum absolute atomic E-state index is 12.0. The molecule has 132 valence electrons. The van der Waals surface area contributed by atoms with E-state index in [1.54, 1.807) is 6.07 Å². The van der Waals surface area contributed by atoms with Gasteiger partial charge in [0.15, 0.2) is 12.3 Å². The Balaban J connectivity index is 1.42. The minimum atomic E-state index is -0.475. The third kappa shape index (κ3) is 4.52. The summed E-state index contributed by atoms with van der Waals surface area (Å²) in [6.45, 7) is 3.60. The van der Waals surface area contributed by atoms with Gasteiger partial charge in [0.1, 0.15) is 0 Å². The molecule has 0 radical (unpaired) electrons. The first-order valence-corrected chi connectivity index (χ1v) is 8.47. The smallest absolute Gasteiger partial charge is 0.305 e. The quantitative estimate of drug-likeness (QED) is 0.673. The average molecular weight is 364 g/mol. The highest BCUT2D eigenvalue weighted by atomic mass is 35.5. The monoisotopic (exact) mass is 363 g/mol. The third-order valence-corrected chi connectivity index (χ3v) is 4.45. The van der Waals surface area contributed by atoms with Crippen molar-refractivity contribution in [3.8, 4) is 0 Å². The van der Waals surface area contributed by atoms with Crippen molar-refractivity contribution in [2.24, 2.45) is 0 Å². The second kappa shape index (κ2) is 8.04. The maximum atomic E-state index is 12.0. The molecule has 8 heteroatoms. The summed E-state index contributed by atoms with van der Waals surface area (Å²) in [7, 11) is 0. The van der Waals surface area contributed by atoms with E-state index < -0.39 is 5.91 Å². The fraction of sp³-hybridized carbons (Fsp3) is 0.294. The van der Waals surface area contributed by atoms with E-state index in [1.807, 2.05) is 24.3 Å². The Labute approximate surface area is 150 Å². The number of hydrogen-bond acceptors (Lipinski definition) is 4. The summed E-state index contributed by atoms with van der Waals surface area (Å²) in [6, 6.07) is 10.9. The molecule has 7 nitrogen and oxygen atoms in total. The Bertz CT molecular complexity index is 727. The van der Waals surface area contributed by atoms with Gasteiger partial charge in [0.25, 0.3) is 5.91 Å². The normalized spacial score (nSPS) is 15.0. The molecule has 25 heavy (non-hydrogen) atoms. The molecule has 0 aliphatic carbocycles. The van der Waals surface area contributed by atoms with Crippen LogP contribution in [0.1, 0.15) is 10.6 Å². The van der Waals surface area contributed by atoms with Crippen LogP contribution < -0.4 is 20.7 Å². The first-order valence-electron chi connectivity index (χ1n) is 8.09. The van der Waals surface area contributed by atoms with Crippen LogP contribution in [0.25, 0.3) is 0 Å². The minimum absolute atomic E-state index is 0.154. The van der Waals surface area contributed by atoms with Gasteiger partial charge in [-0.15, -0.1) is 0 Å². The summed E-state index contributed by atoms with van der Waals surface area (Å²) in [6.07, 6.45) is 1.40. The van der Waals surface area contributed by atoms with Gasteiger partial charge in [0.05, 0.1) is 43.2 Å². The highest BCUT2D eigenvalue weighted by Crippen LogP contribution is 2.24. The molecular weight excluding hydrogens is 344 g/mol. The van der Waals surface area contributed by atoms with Crippen molar-refractivity contribution in [1.82, 2.24) is 10.9 Å². The molecule has 0 saturated carbocycles. The lowest BCUT2D eigenvalue weighted by atomic mass is 10.2. The average Bonchev–Trinajstić information content (AvgIpc) is 3.16. The molecule has 1 aliphatic heterocycles. The Morgan fingerprint density at radius 2 is 1.88 bits per heavy atom. The molecule has 0 bridgehead atoms. The lowest BCUT2D eigenvalue weighted by molar-refractivity contribution is -0.892. The van der Waals surface area contributed by atoms with E-state index in [2.05, 4.69) is 15.8 Å². The number of benzene rings is 1. The first-order chi connectivity index (χ1) is 12.1. The Kier molecular flexibility index (Phi) is 5.57. The molecule has 0 unspecified atom stereocenters. The van der Waals surface area contributed by atoms with Crippen molar-refractivity contribution in [3.05, 3.63) is 53.4 Å². The number of nitrogens with one attached hydrogen (secondary N) is 3. The van der Waals surface area contributed by atoms with E-state index in [0.29, 0.717) is 6.54 Å². The van der Waals surface area contributed by atoms with Gasteiger partial charge in [0.2, 0.25) is 0 Å². The molecule has 2 amide bonds. The number of hydrogen-bond donors (Lipinski definition) is 3. The van der Waals surface area contributed by atoms with Crippen molar-refractivity contribution in [2.45, 2.75) is 0 Å². The molecular formula is C17H20ClN4O3+. The van der Waals surface area contributed by atoms with E-state index in [9.17, 15) is 9.59 Å². The van der Waals surface area contributed by atoms with Gasteiger partial charge in [0, 0.05) is 0 Å². The van der Waals surface area contributed by atoms with Crippen LogP contribution in [-0.2, 0) is 4.79 Å². The summed E-state index contributed by atoms with van der Waals surface area (Å²) >= 11 is 6.23. The molecule has 2 heterocycles. The lowest BCUT2D eigenvalue weighted by Crippen LogP contribution is -3.16. The van der Waals surface area contributed by atoms with Crippen LogP contribution in [0.15, 0.2) is 47.1 Å². The molecule has 1 aromatic carbocycles. The van der Waals surface area contributed by atoms with Crippen molar-refractivity contribution >= 4 is 29.1 Å². The summed E-state index contributed by atoms with van der Waals surface area (Å²) in [5.74, 6) is -0.556. The largest absolute Gasteiger partial charge is 0.459 e. The van der Waals surface area contributed by atoms with E-state index in [-0.39, 0.29) is 11.7 Å². The molecule has 1 fully saturated rings. The highest BCUT2D eigenvalue weighted by molar-refractivity contribution is 6.33. The van der Waals surface area contributed by atoms with Gasteiger partial charge < -0.3 is 14.2 Å². The Morgan fingerprint density at radius 1 is 1.12 bits per heavy atom. The molecule has 0 atom stereocenters. The third-order valence-electron chi connectivity index (χ3n) is 4.13. The topological polar surface area (TPSA) is 79.0 Å². The van der Waals surface area contributed by atoms with Gasteiger partial charge in [-0.25, -0.2) is 0 Å². The number of rotatable bonds is 4. The molecule has 1 aromatic heterocycles. The summed E-state index contributed by atoms with van der Waals surface area (Å²) in [5.41, 5.74) is 5.79. The van der Waals surface area contributed by atoms with Crippen LogP contribution in [0.5, 0.6) is 0 Å². The molecule has 0 spiro atoms. The zero-order valence-corrected chi connectivity index (χ0v) is 14.4. The standard InChI is InChI=1S/C17H19ClN4O3/c18-13-4-1-2-5-14(13)22-9-7-21(8-10-22)12-16(23)19-20-17(24)15-6-3-11-25-15/h1-6,11H,7-10,12H2,(H,19,23)(H,20,24)/p+1. The number of carbonyl (C=O) groups excluding carboxylic acids is 2. The lowest BCUT2D eigenvalue weighted by Gasteiger charge is -2.33. The minimum Gasteiger partial charge on any atom is -0.459 e. The van der Waals surface area contributed by atoms with Gasteiger partial charge in [-0.2, -0.15) is 0 Å². The van der Waals surface area contributed by atoms with Crippen LogP contribution in [-0.4, -0.2) is 44.5 Å². The Morgan fingerprint density at radius 3 is 2.56 bits per heavy atom. The zero-order valence-electron chi connectivity index (χ0n) is 13.6. The van der Waals surface area contributed by atoms with E-state index in [4.69, 9.17) is 16.0 Å². The predicted octanol–water partition coefficient (Wildman–Crippen LogP) is 0.0991. The van der Waals surface area contributed by atoms with Crippen LogP contribution in [0.3, 0.4) is 0 Å². The van der Waals surface area contributed by atoms with Gasteiger partial charge in [-0.1, -0.05) is 23.7 Å². The van der Waals surface area contributed by atoms with Gasteiger partial charge in [-0.05, 0) is 24.3 Å². The number of hydrazine groups is 1. The number of amides is 2. The van der Waals surface area contributed by atoms with Gasteiger partial charge >= 0.3 is 5.91 Å². The number of quaternary nitrogens is 1. The molecule has 3 rings (SSSR count). The second-order valence-electron chi connectivity index (χ2n) is 5.84. The maximum Gasteiger partial charge on any atom is 0.305 e. The van der Waals surface area contributed by atoms with E-state index in [0.717, 1.165) is 41.8 Å². The number of nitrogens with zero attached hydrogens (tertiary/aromatic N) is 1.